The first kappa shape index (κ1) is 18.6. The van der Waals surface area contributed by atoms with Crippen LogP contribution in [-0.4, -0.2) is 39.7 Å². The SMILES string of the molecule is COc1cc(OC)c2c(c1)OC(c1ccc(OCC3CCNC3)cc1)CC2=O. The van der Waals surface area contributed by atoms with E-state index in [9.17, 15) is 4.79 Å². The van der Waals surface area contributed by atoms with Crippen LogP contribution in [0.15, 0.2) is 36.4 Å². The molecule has 0 aromatic heterocycles. The van der Waals surface area contributed by atoms with Crippen LogP contribution in [0.3, 0.4) is 0 Å². The molecule has 2 aromatic carbocycles. The van der Waals surface area contributed by atoms with E-state index in [4.69, 9.17) is 18.9 Å². The third-order valence-corrected chi connectivity index (χ3v) is 5.31. The van der Waals surface area contributed by atoms with Crippen LogP contribution in [0.4, 0.5) is 0 Å². The molecular formula is C22H25NO5. The lowest BCUT2D eigenvalue weighted by atomic mass is 9.95. The third kappa shape index (κ3) is 3.78. The van der Waals surface area contributed by atoms with Gasteiger partial charge in [0.15, 0.2) is 5.78 Å². The number of hydrogen-bond acceptors (Lipinski definition) is 6. The summed E-state index contributed by atoms with van der Waals surface area (Å²) in [5.41, 5.74) is 1.42. The van der Waals surface area contributed by atoms with Crippen molar-refractivity contribution < 1.29 is 23.7 Å². The van der Waals surface area contributed by atoms with E-state index >= 15 is 0 Å². The molecular weight excluding hydrogens is 358 g/mol. The first-order chi connectivity index (χ1) is 13.7. The van der Waals surface area contributed by atoms with Gasteiger partial charge in [-0.2, -0.15) is 0 Å². The van der Waals surface area contributed by atoms with Crippen LogP contribution in [0.5, 0.6) is 23.0 Å². The number of rotatable bonds is 6. The molecule has 4 rings (SSSR count). The molecule has 0 amide bonds. The molecule has 0 radical (unpaired) electrons. The molecule has 2 atom stereocenters. The van der Waals surface area contributed by atoms with Crippen molar-refractivity contribution in [2.45, 2.75) is 18.9 Å². The van der Waals surface area contributed by atoms with Crippen molar-refractivity contribution in [3.05, 3.63) is 47.5 Å². The molecule has 0 aliphatic carbocycles. The Morgan fingerprint density at radius 1 is 1.11 bits per heavy atom. The Morgan fingerprint density at radius 2 is 1.93 bits per heavy atom. The molecule has 6 heteroatoms. The van der Waals surface area contributed by atoms with Crippen LogP contribution in [0, 0.1) is 5.92 Å². The van der Waals surface area contributed by atoms with Gasteiger partial charge in [0.05, 0.1) is 27.2 Å². The highest BCUT2D eigenvalue weighted by molar-refractivity contribution is 6.02. The second-order valence-corrected chi connectivity index (χ2v) is 7.18. The van der Waals surface area contributed by atoms with Crippen LogP contribution >= 0.6 is 0 Å². The van der Waals surface area contributed by atoms with Crippen LogP contribution < -0.4 is 24.3 Å². The van der Waals surface area contributed by atoms with E-state index in [0.717, 1.165) is 37.4 Å². The number of fused-ring (bicyclic) bond motifs is 1. The van der Waals surface area contributed by atoms with Crippen molar-refractivity contribution in [3.63, 3.8) is 0 Å². The molecule has 2 unspecified atom stereocenters. The molecule has 1 saturated heterocycles. The van der Waals surface area contributed by atoms with Gasteiger partial charge < -0.3 is 24.3 Å². The van der Waals surface area contributed by atoms with E-state index in [1.165, 1.54) is 7.11 Å². The number of Topliss-reactive ketones (excluding diaryl/α,β-unsaturated/α-hetero) is 1. The zero-order valence-electron chi connectivity index (χ0n) is 16.2. The van der Waals surface area contributed by atoms with Gasteiger partial charge >= 0.3 is 0 Å². The van der Waals surface area contributed by atoms with E-state index < -0.39 is 0 Å². The molecule has 148 valence electrons. The summed E-state index contributed by atoms with van der Waals surface area (Å²) in [5.74, 6) is 2.96. The Morgan fingerprint density at radius 3 is 2.61 bits per heavy atom. The number of carbonyl (C=O) groups is 1. The predicted molar refractivity (Wildman–Crippen MR) is 105 cm³/mol. The average Bonchev–Trinajstić information content (AvgIpc) is 3.25. The second-order valence-electron chi connectivity index (χ2n) is 7.18. The Balaban J connectivity index is 1.49. The predicted octanol–water partition coefficient (Wildman–Crippen LogP) is 3.40. The summed E-state index contributed by atoms with van der Waals surface area (Å²) in [7, 11) is 3.11. The minimum atomic E-state index is -0.343. The summed E-state index contributed by atoms with van der Waals surface area (Å²) >= 11 is 0. The number of ketones is 1. The van der Waals surface area contributed by atoms with Gasteiger partial charge in [0, 0.05) is 24.6 Å². The van der Waals surface area contributed by atoms with Gasteiger partial charge in [-0.05, 0) is 30.7 Å². The Hall–Kier alpha value is -2.73. The molecule has 0 bridgehead atoms. The second kappa shape index (κ2) is 8.10. The first-order valence-corrected chi connectivity index (χ1v) is 9.57. The van der Waals surface area contributed by atoms with E-state index in [1.807, 2.05) is 24.3 Å². The average molecular weight is 383 g/mol. The Labute approximate surface area is 164 Å². The molecule has 0 saturated carbocycles. The lowest BCUT2D eigenvalue weighted by Crippen LogP contribution is -2.21. The van der Waals surface area contributed by atoms with E-state index in [2.05, 4.69) is 5.32 Å². The fourth-order valence-electron chi connectivity index (χ4n) is 3.71. The van der Waals surface area contributed by atoms with Crippen molar-refractivity contribution in [3.8, 4) is 23.0 Å². The lowest BCUT2D eigenvalue weighted by Gasteiger charge is -2.27. The van der Waals surface area contributed by atoms with Crippen LogP contribution in [0.25, 0.3) is 0 Å². The quantitative estimate of drug-likeness (QED) is 0.825. The van der Waals surface area contributed by atoms with Crippen LogP contribution in [0.1, 0.15) is 34.9 Å². The number of hydrogen-bond donors (Lipinski definition) is 1. The molecule has 2 aromatic rings. The number of carbonyl (C=O) groups excluding carboxylic acids is 1. The first-order valence-electron chi connectivity index (χ1n) is 9.57. The largest absolute Gasteiger partial charge is 0.496 e. The topological polar surface area (TPSA) is 66.0 Å². The molecule has 2 heterocycles. The van der Waals surface area contributed by atoms with Crippen LogP contribution in [0.2, 0.25) is 0 Å². The molecule has 1 N–H and O–H groups in total. The summed E-state index contributed by atoms with van der Waals surface area (Å²) in [5, 5.41) is 3.34. The number of methoxy groups -OCH3 is 2. The van der Waals surface area contributed by atoms with Gasteiger partial charge in [-0.3, -0.25) is 4.79 Å². The fourth-order valence-corrected chi connectivity index (χ4v) is 3.71. The van der Waals surface area contributed by atoms with Crippen molar-refractivity contribution in [2.24, 2.45) is 5.92 Å². The number of ether oxygens (including phenoxy) is 4. The Kier molecular flexibility index (Phi) is 5.39. The third-order valence-electron chi connectivity index (χ3n) is 5.31. The molecule has 6 nitrogen and oxygen atoms in total. The molecule has 0 spiro atoms. The number of nitrogens with one attached hydrogen (secondary N) is 1. The highest BCUT2D eigenvalue weighted by Crippen LogP contribution is 2.42. The maximum atomic E-state index is 12.7. The molecule has 1 fully saturated rings. The van der Waals surface area contributed by atoms with Crippen molar-refractivity contribution in [1.82, 2.24) is 5.32 Å². The van der Waals surface area contributed by atoms with Crippen molar-refractivity contribution in [2.75, 3.05) is 33.9 Å². The standard InChI is InChI=1S/C22H25NO5/c1-25-17-9-20(26-2)22-18(24)11-19(28-21(22)10-17)15-3-5-16(6-4-15)27-13-14-7-8-23-12-14/h3-6,9-10,14,19,23H,7-8,11-13H2,1-2H3. The minimum Gasteiger partial charge on any atom is -0.496 e. The van der Waals surface area contributed by atoms with Gasteiger partial charge in [-0.15, -0.1) is 0 Å². The Bertz CT molecular complexity index is 843. The van der Waals surface area contributed by atoms with Gasteiger partial charge in [0.2, 0.25) is 0 Å². The summed E-state index contributed by atoms with van der Waals surface area (Å²) in [6.45, 7) is 2.80. The molecule has 2 aliphatic rings. The summed E-state index contributed by atoms with van der Waals surface area (Å²) in [6, 6.07) is 11.2. The molecule has 28 heavy (non-hydrogen) atoms. The van der Waals surface area contributed by atoms with Gasteiger partial charge in [-0.1, -0.05) is 12.1 Å². The zero-order chi connectivity index (χ0) is 19.5. The smallest absolute Gasteiger partial charge is 0.174 e. The van der Waals surface area contributed by atoms with Gasteiger partial charge in [0.1, 0.15) is 34.7 Å². The maximum Gasteiger partial charge on any atom is 0.174 e. The van der Waals surface area contributed by atoms with Gasteiger partial charge in [0.25, 0.3) is 0 Å². The highest BCUT2D eigenvalue weighted by atomic mass is 16.5. The van der Waals surface area contributed by atoms with Crippen molar-refractivity contribution >= 4 is 5.78 Å². The summed E-state index contributed by atoms with van der Waals surface area (Å²) in [4.78, 5) is 12.7. The monoisotopic (exact) mass is 383 g/mol. The summed E-state index contributed by atoms with van der Waals surface area (Å²) < 4.78 is 22.7. The minimum absolute atomic E-state index is 0.000173. The van der Waals surface area contributed by atoms with E-state index in [1.54, 1.807) is 19.2 Å². The number of benzene rings is 2. The normalized spacial score (nSPS) is 21.0. The molecule has 2 aliphatic heterocycles. The fraction of sp³-hybridized carbons (Fsp3) is 0.409. The van der Waals surface area contributed by atoms with Gasteiger partial charge in [-0.25, -0.2) is 0 Å². The maximum absolute atomic E-state index is 12.7. The summed E-state index contributed by atoms with van der Waals surface area (Å²) in [6.07, 6.45) is 1.08. The van der Waals surface area contributed by atoms with Crippen molar-refractivity contribution in [1.29, 1.82) is 0 Å². The van der Waals surface area contributed by atoms with Crippen LogP contribution in [-0.2, 0) is 0 Å². The lowest BCUT2D eigenvalue weighted by molar-refractivity contribution is 0.0844. The van der Waals surface area contributed by atoms with E-state index in [-0.39, 0.29) is 18.3 Å². The highest BCUT2D eigenvalue weighted by Gasteiger charge is 2.31. The van der Waals surface area contributed by atoms with E-state index in [0.29, 0.717) is 28.7 Å². The zero-order valence-corrected chi connectivity index (χ0v) is 16.2.